The minimum Gasteiger partial charge on any atom is -0.444 e. The SMILES string of the molecule is Cc1cc(Br)cc(C2(NC(=O)OC(C)(C)C)CN(C(=O)OC(C)(C)C)C2)c1. The van der Waals surface area contributed by atoms with Gasteiger partial charge in [-0.25, -0.2) is 9.59 Å². The molecule has 0 atom stereocenters. The number of hydrogen-bond acceptors (Lipinski definition) is 4. The fraction of sp³-hybridized carbons (Fsp3) is 0.600. The van der Waals surface area contributed by atoms with Gasteiger partial charge in [-0.3, -0.25) is 0 Å². The van der Waals surface area contributed by atoms with E-state index >= 15 is 0 Å². The lowest BCUT2D eigenvalue weighted by atomic mass is 9.82. The first-order valence-electron chi connectivity index (χ1n) is 8.96. The molecule has 1 fully saturated rings. The van der Waals surface area contributed by atoms with Crippen molar-refractivity contribution < 1.29 is 19.1 Å². The van der Waals surface area contributed by atoms with Crippen molar-refractivity contribution in [3.63, 3.8) is 0 Å². The fourth-order valence-corrected chi connectivity index (χ4v) is 3.51. The summed E-state index contributed by atoms with van der Waals surface area (Å²) in [6, 6.07) is 5.96. The van der Waals surface area contributed by atoms with Gasteiger partial charge in [-0.2, -0.15) is 0 Å². The van der Waals surface area contributed by atoms with E-state index in [1.165, 1.54) is 0 Å². The third kappa shape index (κ3) is 5.86. The van der Waals surface area contributed by atoms with Crippen molar-refractivity contribution in [1.29, 1.82) is 0 Å². The predicted molar refractivity (Wildman–Crippen MR) is 108 cm³/mol. The van der Waals surface area contributed by atoms with Crippen molar-refractivity contribution in [2.45, 2.75) is 65.2 Å². The smallest absolute Gasteiger partial charge is 0.410 e. The molecule has 1 aliphatic heterocycles. The van der Waals surface area contributed by atoms with Crippen LogP contribution < -0.4 is 5.32 Å². The van der Waals surface area contributed by atoms with Crippen LogP contribution in [0.3, 0.4) is 0 Å². The highest BCUT2D eigenvalue weighted by Gasteiger charge is 2.49. The molecule has 1 aromatic rings. The number of nitrogens with one attached hydrogen (secondary N) is 1. The lowest BCUT2D eigenvalue weighted by Crippen LogP contribution is -2.69. The van der Waals surface area contributed by atoms with Gasteiger partial charge in [-0.15, -0.1) is 0 Å². The van der Waals surface area contributed by atoms with Gasteiger partial charge in [0.05, 0.1) is 13.1 Å². The first kappa shape index (κ1) is 21.5. The van der Waals surface area contributed by atoms with Gasteiger partial charge >= 0.3 is 12.2 Å². The molecule has 0 bridgehead atoms. The van der Waals surface area contributed by atoms with Crippen LogP contribution in [0.15, 0.2) is 22.7 Å². The van der Waals surface area contributed by atoms with Crippen LogP contribution >= 0.6 is 15.9 Å². The van der Waals surface area contributed by atoms with E-state index in [0.717, 1.165) is 15.6 Å². The van der Waals surface area contributed by atoms with Crippen LogP contribution in [0.25, 0.3) is 0 Å². The summed E-state index contributed by atoms with van der Waals surface area (Å²) < 4.78 is 11.8. The normalized spacial score (nSPS) is 16.4. The third-order valence-corrected chi connectivity index (χ3v) is 4.37. The summed E-state index contributed by atoms with van der Waals surface area (Å²) >= 11 is 3.51. The van der Waals surface area contributed by atoms with E-state index in [2.05, 4.69) is 21.2 Å². The fourth-order valence-electron chi connectivity index (χ4n) is 2.91. The number of likely N-dealkylation sites (tertiary alicyclic amines) is 1. The van der Waals surface area contributed by atoms with Gasteiger partial charge in [-0.05, 0) is 71.7 Å². The molecule has 1 aliphatic rings. The van der Waals surface area contributed by atoms with Crippen LogP contribution in [0, 0.1) is 6.92 Å². The summed E-state index contributed by atoms with van der Waals surface area (Å²) in [6.45, 7) is 13.5. The van der Waals surface area contributed by atoms with Gasteiger partial charge in [-0.1, -0.05) is 22.0 Å². The van der Waals surface area contributed by atoms with E-state index in [-0.39, 0.29) is 0 Å². The number of halogens is 1. The van der Waals surface area contributed by atoms with Gasteiger partial charge < -0.3 is 19.7 Å². The van der Waals surface area contributed by atoms with Crippen LogP contribution in [0.2, 0.25) is 0 Å². The molecule has 6 nitrogen and oxygen atoms in total. The molecule has 2 rings (SSSR count). The summed E-state index contributed by atoms with van der Waals surface area (Å²) in [5.41, 5.74) is 0.0849. The first-order valence-corrected chi connectivity index (χ1v) is 9.75. The highest BCUT2D eigenvalue weighted by Crippen LogP contribution is 2.35. The Balaban J connectivity index is 2.24. The van der Waals surface area contributed by atoms with Gasteiger partial charge in [0.25, 0.3) is 0 Å². The lowest BCUT2D eigenvalue weighted by Gasteiger charge is -2.50. The van der Waals surface area contributed by atoms with E-state index in [4.69, 9.17) is 9.47 Å². The quantitative estimate of drug-likeness (QED) is 0.721. The topological polar surface area (TPSA) is 67.9 Å². The average molecular weight is 441 g/mol. The Morgan fingerprint density at radius 3 is 2.07 bits per heavy atom. The van der Waals surface area contributed by atoms with Crippen molar-refractivity contribution >= 4 is 28.1 Å². The Labute approximate surface area is 169 Å². The average Bonchev–Trinajstić information content (AvgIpc) is 2.36. The summed E-state index contributed by atoms with van der Waals surface area (Å²) in [6.07, 6.45) is -0.903. The molecule has 150 valence electrons. The van der Waals surface area contributed by atoms with Crippen LogP contribution in [-0.4, -0.2) is 41.4 Å². The zero-order valence-corrected chi connectivity index (χ0v) is 18.7. The number of rotatable bonds is 2. The Bertz CT molecular complexity index is 708. The molecule has 0 saturated carbocycles. The number of ether oxygens (including phenoxy) is 2. The van der Waals surface area contributed by atoms with Crippen molar-refractivity contribution in [3.05, 3.63) is 33.8 Å². The molecule has 0 aromatic heterocycles. The minimum absolute atomic E-state index is 0.317. The third-order valence-electron chi connectivity index (χ3n) is 3.91. The summed E-state index contributed by atoms with van der Waals surface area (Å²) in [5, 5.41) is 2.97. The summed E-state index contributed by atoms with van der Waals surface area (Å²) in [5.74, 6) is 0. The number of carbonyl (C=O) groups is 2. The number of hydrogen-bond donors (Lipinski definition) is 1. The Morgan fingerprint density at radius 1 is 1.04 bits per heavy atom. The molecule has 1 heterocycles. The number of benzene rings is 1. The maximum Gasteiger partial charge on any atom is 0.410 e. The molecule has 27 heavy (non-hydrogen) atoms. The molecule has 1 aromatic carbocycles. The predicted octanol–water partition coefficient (Wildman–Crippen LogP) is 4.73. The number of alkyl carbamates (subject to hydrolysis) is 1. The highest BCUT2D eigenvalue weighted by atomic mass is 79.9. The molecular formula is C20H29BrN2O4. The molecular weight excluding hydrogens is 412 g/mol. The van der Waals surface area contributed by atoms with E-state index in [1.807, 2.05) is 66.7 Å². The second kappa shape index (κ2) is 7.34. The van der Waals surface area contributed by atoms with Gasteiger partial charge in [0.2, 0.25) is 0 Å². The van der Waals surface area contributed by atoms with Crippen molar-refractivity contribution in [3.8, 4) is 0 Å². The van der Waals surface area contributed by atoms with E-state index in [0.29, 0.717) is 13.1 Å². The number of carbonyl (C=O) groups excluding carboxylic acids is 2. The number of nitrogens with zero attached hydrogens (tertiary/aromatic N) is 1. The van der Waals surface area contributed by atoms with Crippen molar-refractivity contribution in [2.75, 3.05) is 13.1 Å². The molecule has 1 N–H and O–H groups in total. The molecule has 2 amide bonds. The van der Waals surface area contributed by atoms with Crippen LogP contribution in [0.1, 0.15) is 52.7 Å². The second-order valence-electron chi connectivity index (χ2n) is 9.06. The number of amides is 2. The molecule has 1 saturated heterocycles. The van der Waals surface area contributed by atoms with E-state index in [9.17, 15) is 9.59 Å². The van der Waals surface area contributed by atoms with Gasteiger partial charge in [0, 0.05) is 4.47 Å². The van der Waals surface area contributed by atoms with Crippen LogP contribution in [0.5, 0.6) is 0 Å². The largest absolute Gasteiger partial charge is 0.444 e. The van der Waals surface area contributed by atoms with Gasteiger partial charge in [0.1, 0.15) is 16.7 Å². The standard InChI is InChI=1S/C20H29BrN2O4/c1-13-8-14(10-15(21)9-13)20(22-16(24)26-18(2,3)4)11-23(12-20)17(25)27-19(5,6)7/h8-10H,11-12H2,1-7H3,(H,22,24). The molecule has 0 unspecified atom stereocenters. The Hall–Kier alpha value is -1.76. The Morgan fingerprint density at radius 2 is 1.59 bits per heavy atom. The maximum absolute atomic E-state index is 12.4. The monoisotopic (exact) mass is 440 g/mol. The molecule has 0 radical (unpaired) electrons. The second-order valence-corrected chi connectivity index (χ2v) is 9.98. The molecule has 7 heteroatoms. The first-order chi connectivity index (χ1) is 12.2. The van der Waals surface area contributed by atoms with Crippen LogP contribution in [-0.2, 0) is 15.0 Å². The van der Waals surface area contributed by atoms with Gasteiger partial charge in [0.15, 0.2) is 0 Å². The van der Waals surface area contributed by atoms with E-state index in [1.54, 1.807) is 4.90 Å². The van der Waals surface area contributed by atoms with Crippen LogP contribution in [0.4, 0.5) is 9.59 Å². The molecule has 0 spiro atoms. The summed E-state index contributed by atoms with van der Waals surface area (Å²) in [7, 11) is 0. The zero-order valence-electron chi connectivity index (χ0n) is 17.1. The highest BCUT2D eigenvalue weighted by molar-refractivity contribution is 9.10. The van der Waals surface area contributed by atoms with Crippen molar-refractivity contribution in [2.24, 2.45) is 0 Å². The van der Waals surface area contributed by atoms with E-state index < -0.39 is 28.9 Å². The summed E-state index contributed by atoms with van der Waals surface area (Å²) in [4.78, 5) is 26.4. The lowest BCUT2D eigenvalue weighted by molar-refractivity contribution is -0.0230. The maximum atomic E-state index is 12.4. The minimum atomic E-state index is -0.715. The number of aryl methyl sites for hydroxylation is 1. The molecule has 0 aliphatic carbocycles. The van der Waals surface area contributed by atoms with Crippen molar-refractivity contribution in [1.82, 2.24) is 10.2 Å². The Kier molecular flexibility index (Phi) is 5.85. The zero-order chi connectivity index (χ0) is 20.6.